The van der Waals surface area contributed by atoms with Crippen molar-refractivity contribution in [1.29, 1.82) is 0 Å². The summed E-state index contributed by atoms with van der Waals surface area (Å²) < 4.78 is 4.39. The van der Waals surface area contributed by atoms with Gasteiger partial charge >= 0.3 is 11.9 Å². The minimum Gasteiger partial charge on any atom is -0.481 e. The van der Waals surface area contributed by atoms with Crippen LogP contribution in [-0.4, -0.2) is 35.4 Å². The average Bonchev–Trinajstić information content (AvgIpc) is 1.97. The Kier molecular flexibility index (Phi) is 5.10. The standard InChI is InChI=1S/C6H10O5/c7-4-6(10)11-3-1-2-5(8)9/h7H,1-4H2,(H,8,9). The number of esters is 1. The number of carbonyl (C=O) groups excluding carboxylic acids is 1. The van der Waals surface area contributed by atoms with E-state index in [9.17, 15) is 9.59 Å². The first kappa shape index (κ1) is 9.90. The fraction of sp³-hybridized carbons (Fsp3) is 0.667. The summed E-state index contributed by atoms with van der Waals surface area (Å²) in [5.41, 5.74) is 0. The van der Waals surface area contributed by atoms with E-state index >= 15 is 0 Å². The van der Waals surface area contributed by atoms with Crippen LogP contribution in [0.3, 0.4) is 0 Å². The number of aliphatic hydroxyl groups excluding tert-OH is 1. The van der Waals surface area contributed by atoms with Crippen molar-refractivity contribution in [2.75, 3.05) is 13.2 Å². The minimum atomic E-state index is -0.926. The topological polar surface area (TPSA) is 83.8 Å². The molecule has 0 aliphatic carbocycles. The van der Waals surface area contributed by atoms with Crippen molar-refractivity contribution in [1.82, 2.24) is 0 Å². The third-order valence-corrected chi connectivity index (χ3v) is 0.927. The predicted octanol–water partition coefficient (Wildman–Crippen LogP) is -0.613. The van der Waals surface area contributed by atoms with E-state index < -0.39 is 18.5 Å². The van der Waals surface area contributed by atoms with Crippen LogP contribution in [0.2, 0.25) is 0 Å². The van der Waals surface area contributed by atoms with E-state index in [0.29, 0.717) is 0 Å². The molecule has 2 N–H and O–H groups in total. The molecule has 0 amide bonds. The van der Waals surface area contributed by atoms with Crippen LogP contribution in [0.5, 0.6) is 0 Å². The zero-order chi connectivity index (χ0) is 8.69. The van der Waals surface area contributed by atoms with Crippen LogP contribution in [0.15, 0.2) is 0 Å². The van der Waals surface area contributed by atoms with E-state index in [-0.39, 0.29) is 19.4 Å². The molecule has 0 aliphatic rings. The van der Waals surface area contributed by atoms with Gasteiger partial charge in [-0.15, -0.1) is 0 Å². The van der Waals surface area contributed by atoms with Gasteiger partial charge in [-0.3, -0.25) is 4.79 Å². The molecule has 0 atom stereocenters. The third-order valence-electron chi connectivity index (χ3n) is 0.927. The molecule has 0 unspecified atom stereocenters. The minimum absolute atomic E-state index is 0.0291. The van der Waals surface area contributed by atoms with E-state index in [4.69, 9.17) is 10.2 Å². The largest absolute Gasteiger partial charge is 0.481 e. The van der Waals surface area contributed by atoms with Gasteiger partial charge in [0, 0.05) is 6.42 Å². The molecular formula is C6H10O5. The lowest BCUT2D eigenvalue weighted by Crippen LogP contribution is -2.10. The second-order valence-electron chi connectivity index (χ2n) is 1.88. The number of hydrogen-bond acceptors (Lipinski definition) is 4. The molecule has 0 saturated carbocycles. The molecule has 0 aromatic heterocycles. The SMILES string of the molecule is O=C(O)CCCOC(=O)CO. The average molecular weight is 162 g/mol. The van der Waals surface area contributed by atoms with Crippen LogP contribution in [0.4, 0.5) is 0 Å². The number of aliphatic hydroxyl groups is 1. The number of hydrogen-bond donors (Lipinski definition) is 2. The summed E-state index contributed by atoms with van der Waals surface area (Å²) in [6.45, 7) is -0.612. The number of carboxylic acid groups (broad SMARTS) is 1. The molecule has 0 fully saturated rings. The second kappa shape index (κ2) is 5.67. The molecule has 11 heavy (non-hydrogen) atoms. The molecule has 0 aromatic rings. The fourth-order valence-electron chi connectivity index (χ4n) is 0.455. The summed E-state index contributed by atoms with van der Waals surface area (Å²) in [6, 6.07) is 0. The van der Waals surface area contributed by atoms with Gasteiger partial charge in [0.2, 0.25) is 0 Å². The summed E-state index contributed by atoms with van der Waals surface area (Å²) in [5.74, 6) is -1.65. The normalized spacial score (nSPS) is 9.18. The maximum absolute atomic E-state index is 10.2. The van der Waals surface area contributed by atoms with E-state index in [0.717, 1.165) is 0 Å². The third kappa shape index (κ3) is 6.79. The van der Waals surface area contributed by atoms with E-state index in [1.54, 1.807) is 0 Å². The Morgan fingerprint density at radius 2 is 2.00 bits per heavy atom. The van der Waals surface area contributed by atoms with Gasteiger partial charge < -0.3 is 14.9 Å². The molecule has 64 valence electrons. The summed E-state index contributed by atoms with van der Waals surface area (Å²) in [7, 11) is 0. The van der Waals surface area contributed by atoms with Crippen molar-refractivity contribution < 1.29 is 24.5 Å². The highest BCUT2D eigenvalue weighted by Gasteiger charge is 2.00. The molecule has 0 radical (unpaired) electrons. The van der Waals surface area contributed by atoms with Crippen LogP contribution in [0.25, 0.3) is 0 Å². The Morgan fingerprint density at radius 1 is 1.36 bits per heavy atom. The zero-order valence-electron chi connectivity index (χ0n) is 5.95. The number of aliphatic carboxylic acids is 1. The van der Waals surface area contributed by atoms with Crippen LogP contribution in [-0.2, 0) is 14.3 Å². The molecule has 0 rings (SSSR count). The second-order valence-corrected chi connectivity index (χ2v) is 1.88. The Hall–Kier alpha value is -1.10. The van der Waals surface area contributed by atoms with Crippen LogP contribution < -0.4 is 0 Å². The maximum atomic E-state index is 10.2. The Bertz CT molecular complexity index is 142. The molecule has 0 bridgehead atoms. The summed E-state index contributed by atoms with van der Waals surface area (Å²) in [6.07, 6.45) is 0.250. The van der Waals surface area contributed by atoms with E-state index in [2.05, 4.69) is 4.74 Å². The fourth-order valence-corrected chi connectivity index (χ4v) is 0.455. The van der Waals surface area contributed by atoms with Crippen LogP contribution in [0.1, 0.15) is 12.8 Å². The monoisotopic (exact) mass is 162 g/mol. The Morgan fingerprint density at radius 3 is 2.45 bits per heavy atom. The van der Waals surface area contributed by atoms with Gasteiger partial charge in [0.1, 0.15) is 6.61 Å². The van der Waals surface area contributed by atoms with E-state index in [1.165, 1.54) is 0 Å². The first-order valence-corrected chi connectivity index (χ1v) is 3.15. The van der Waals surface area contributed by atoms with Gasteiger partial charge in [-0.05, 0) is 6.42 Å². The lowest BCUT2D eigenvalue weighted by atomic mass is 10.3. The number of rotatable bonds is 5. The molecule has 0 spiro atoms. The molecule has 0 aliphatic heterocycles. The van der Waals surface area contributed by atoms with Gasteiger partial charge in [0.25, 0.3) is 0 Å². The van der Waals surface area contributed by atoms with Crippen molar-refractivity contribution >= 4 is 11.9 Å². The highest BCUT2D eigenvalue weighted by atomic mass is 16.5. The molecule has 0 saturated heterocycles. The molecule has 0 heterocycles. The number of ether oxygens (including phenoxy) is 1. The van der Waals surface area contributed by atoms with Gasteiger partial charge in [0.15, 0.2) is 0 Å². The van der Waals surface area contributed by atoms with E-state index in [1.807, 2.05) is 0 Å². The van der Waals surface area contributed by atoms with Gasteiger partial charge in [-0.1, -0.05) is 0 Å². The van der Waals surface area contributed by atoms with Gasteiger partial charge in [-0.25, -0.2) is 4.79 Å². The maximum Gasteiger partial charge on any atom is 0.331 e. The lowest BCUT2D eigenvalue weighted by molar-refractivity contribution is -0.148. The van der Waals surface area contributed by atoms with Gasteiger partial charge in [-0.2, -0.15) is 0 Å². The number of carboxylic acids is 1. The number of carbonyl (C=O) groups is 2. The molecule has 5 heteroatoms. The lowest BCUT2D eigenvalue weighted by Gasteiger charge is -1.99. The highest BCUT2D eigenvalue weighted by molar-refractivity contribution is 5.70. The zero-order valence-corrected chi connectivity index (χ0v) is 5.95. The van der Waals surface area contributed by atoms with Crippen LogP contribution in [0, 0.1) is 0 Å². The molecular weight excluding hydrogens is 152 g/mol. The predicted molar refractivity (Wildman–Crippen MR) is 34.9 cm³/mol. The Balaban J connectivity index is 3.14. The van der Waals surface area contributed by atoms with Crippen molar-refractivity contribution in [2.45, 2.75) is 12.8 Å². The van der Waals surface area contributed by atoms with Crippen LogP contribution >= 0.6 is 0 Å². The Labute approximate surface area is 63.6 Å². The first-order valence-electron chi connectivity index (χ1n) is 3.15. The quantitative estimate of drug-likeness (QED) is 0.416. The summed E-state index contributed by atoms with van der Waals surface area (Å²) in [4.78, 5) is 20.2. The highest BCUT2D eigenvalue weighted by Crippen LogP contribution is 1.89. The molecule has 0 aromatic carbocycles. The van der Waals surface area contributed by atoms with Crippen molar-refractivity contribution in [2.24, 2.45) is 0 Å². The van der Waals surface area contributed by atoms with Gasteiger partial charge in [0.05, 0.1) is 6.61 Å². The first-order chi connectivity index (χ1) is 5.16. The smallest absolute Gasteiger partial charge is 0.331 e. The van der Waals surface area contributed by atoms with Crippen molar-refractivity contribution in [3.63, 3.8) is 0 Å². The van der Waals surface area contributed by atoms with Crippen molar-refractivity contribution in [3.8, 4) is 0 Å². The summed E-state index contributed by atoms with van der Waals surface area (Å²) >= 11 is 0. The summed E-state index contributed by atoms with van der Waals surface area (Å²) in [5, 5.41) is 16.3. The molecule has 5 nitrogen and oxygen atoms in total. The van der Waals surface area contributed by atoms with Crippen molar-refractivity contribution in [3.05, 3.63) is 0 Å².